The molecule has 1 amide bonds. The van der Waals surface area contributed by atoms with E-state index in [0.29, 0.717) is 0 Å². The lowest BCUT2D eigenvalue weighted by molar-refractivity contribution is -0.127. The average molecular weight is 584 g/mol. The number of fused-ring (bicyclic) bond motifs is 2. The van der Waals surface area contributed by atoms with Gasteiger partial charge in [-0.1, -0.05) is 101 Å². The van der Waals surface area contributed by atoms with E-state index in [1.807, 2.05) is 0 Å². The normalized spacial score (nSPS) is 35.5. The lowest BCUT2D eigenvalue weighted by atomic mass is 9.75. The molecule has 0 unspecified atom stereocenters. The lowest BCUT2D eigenvalue weighted by Gasteiger charge is -2.47. The van der Waals surface area contributed by atoms with Gasteiger partial charge in [-0.25, -0.2) is 0 Å². The van der Waals surface area contributed by atoms with Gasteiger partial charge < -0.3 is 14.2 Å². The molecule has 3 rings (SSSR count). The van der Waals surface area contributed by atoms with Crippen LogP contribution in [0.3, 0.4) is 0 Å². The molecule has 1 fully saturated rings. The van der Waals surface area contributed by atoms with Gasteiger partial charge in [-0.05, 0) is 69.4 Å². The second kappa shape index (κ2) is 14.6. The van der Waals surface area contributed by atoms with Gasteiger partial charge in [-0.3, -0.25) is 4.79 Å². The van der Waals surface area contributed by atoms with Gasteiger partial charge in [0.15, 0.2) is 16.6 Å². The van der Waals surface area contributed by atoms with E-state index >= 15 is 0 Å². The van der Waals surface area contributed by atoms with Crippen LogP contribution in [0.25, 0.3) is 0 Å². The molecule has 1 saturated heterocycles. The average Bonchev–Trinajstić information content (AvgIpc) is 2.95. The Morgan fingerprint density at radius 3 is 2.05 bits per heavy atom. The standard InChI is InChI=1S/C34H57NO3Si2/c1-10-39(11-2,12-3)37-31-22-21-29-23-25(7)19-20-28-24-27(9)35-34(36)30(28)18-16-17-26(8)32(29)33(31)38-40(13-4,14-5)15-6/h16-23,27-33H,10-15,24H2,1-9H3,(H,35,36)/b18-16+,20-19+,25-23+,26-17+/t27-,28-,29+,30+,31+,32+,33+/m1/s1. The zero-order valence-corrected chi connectivity index (χ0v) is 28.8. The number of hydrogen-bond acceptors (Lipinski definition) is 3. The first-order valence-electron chi connectivity index (χ1n) is 16.2. The van der Waals surface area contributed by atoms with Crippen molar-refractivity contribution in [2.24, 2.45) is 23.7 Å². The van der Waals surface area contributed by atoms with E-state index in [1.165, 1.54) is 11.1 Å². The highest BCUT2D eigenvalue weighted by molar-refractivity contribution is 6.74. The predicted octanol–water partition coefficient (Wildman–Crippen LogP) is 8.73. The summed E-state index contributed by atoms with van der Waals surface area (Å²) in [6, 6.07) is 6.97. The third-order valence-corrected chi connectivity index (χ3v) is 19.6. The molecule has 4 nitrogen and oxygen atoms in total. The van der Waals surface area contributed by atoms with Crippen molar-refractivity contribution < 1.29 is 13.6 Å². The monoisotopic (exact) mass is 583 g/mol. The highest BCUT2D eigenvalue weighted by Crippen LogP contribution is 2.41. The number of allylic oxidation sites excluding steroid dienone is 7. The first kappa shape index (κ1) is 33.0. The topological polar surface area (TPSA) is 47.6 Å². The molecule has 6 heteroatoms. The maximum atomic E-state index is 12.9. The van der Waals surface area contributed by atoms with Crippen molar-refractivity contribution in [2.75, 3.05) is 0 Å². The SMILES string of the molecule is CC[Si](CC)(CC)O[C@@H]1[C@H]2/C(C)=C/C=C/[C@@H]3C(=O)N[C@H](C)C[C@H]3/C=C/C(C)=C/[C@@H]2C=C[C@@H]1O[Si](CC)(CC)CC. The smallest absolute Gasteiger partial charge is 0.227 e. The van der Waals surface area contributed by atoms with Crippen LogP contribution in [0.2, 0.25) is 36.3 Å². The fourth-order valence-corrected chi connectivity index (χ4v) is 12.7. The van der Waals surface area contributed by atoms with Gasteiger partial charge in [-0.15, -0.1) is 0 Å². The Hall–Kier alpha value is -1.48. The first-order chi connectivity index (χ1) is 19.1. The van der Waals surface area contributed by atoms with Gasteiger partial charge in [0.1, 0.15) is 0 Å². The third kappa shape index (κ3) is 7.48. The summed E-state index contributed by atoms with van der Waals surface area (Å²) < 4.78 is 14.7. The summed E-state index contributed by atoms with van der Waals surface area (Å²) in [5.41, 5.74) is 2.55. The Bertz CT molecular complexity index is 988. The van der Waals surface area contributed by atoms with Crippen molar-refractivity contribution in [1.29, 1.82) is 0 Å². The van der Waals surface area contributed by atoms with Crippen molar-refractivity contribution in [3.63, 3.8) is 0 Å². The molecular formula is C34H57NO3Si2. The fraction of sp³-hybridized carbons (Fsp3) is 0.676. The molecule has 0 bridgehead atoms. The van der Waals surface area contributed by atoms with Crippen LogP contribution in [0, 0.1) is 23.7 Å². The molecule has 7 atom stereocenters. The Labute approximate surface area is 247 Å². The Balaban J connectivity index is 2.13. The molecule has 2 aliphatic carbocycles. The van der Waals surface area contributed by atoms with Gasteiger partial charge in [0.2, 0.25) is 5.91 Å². The minimum atomic E-state index is -1.92. The molecule has 0 aromatic heterocycles. The maximum Gasteiger partial charge on any atom is 0.227 e. The van der Waals surface area contributed by atoms with E-state index in [1.54, 1.807) is 0 Å². The summed E-state index contributed by atoms with van der Waals surface area (Å²) in [5.74, 6) is 0.628. The number of carbonyl (C=O) groups is 1. The summed E-state index contributed by atoms with van der Waals surface area (Å²) >= 11 is 0. The van der Waals surface area contributed by atoms with E-state index < -0.39 is 16.6 Å². The third-order valence-electron chi connectivity index (χ3n) is 10.3. The number of amides is 1. The molecule has 1 aliphatic heterocycles. The Morgan fingerprint density at radius 2 is 1.45 bits per heavy atom. The van der Waals surface area contributed by atoms with Crippen molar-refractivity contribution in [1.82, 2.24) is 5.32 Å². The molecule has 0 radical (unpaired) electrons. The highest BCUT2D eigenvalue weighted by Gasteiger charge is 2.45. The van der Waals surface area contributed by atoms with Crippen molar-refractivity contribution in [2.45, 2.75) is 123 Å². The Kier molecular flexibility index (Phi) is 12.1. The molecule has 0 spiro atoms. The van der Waals surface area contributed by atoms with Crippen LogP contribution in [-0.2, 0) is 13.6 Å². The van der Waals surface area contributed by atoms with Crippen LogP contribution >= 0.6 is 0 Å². The number of nitrogens with one attached hydrogen (secondary N) is 1. The molecule has 1 N–H and O–H groups in total. The van der Waals surface area contributed by atoms with Crippen LogP contribution in [0.15, 0.2) is 59.8 Å². The predicted molar refractivity (Wildman–Crippen MR) is 175 cm³/mol. The van der Waals surface area contributed by atoms with E-state index in [4.69, 9.17) is 8.85 Å². The van der Waals surface area contributed by atoms with E-state index in [2.05, 4.69) is 116 Å². The molecule has 3 aliphatic rings. The summed E-state index contributed by atoms with van der Waals surface area (Å²) in [6.07, 6.45) is 19.1. The summed E-state index contributed by atoms with van der Waals surface area (Å²) in [4.78, 5) is 12.9. The minimum absolute atomic E-state index is 0.00904. The first-order valence-corrected chi connectivity index (χ1v) is 21.2. The minimum Gasteiger partial charge on any atom is -0.410 e. The van der Waals surface area contributed by atoms with E-state index in [9.17, 15) is 4.79 Å². The second-order valence-corrected chi connectivity index (χ2v) is 22.0. The maximum absolute atomic E-state index is 12.9. The largest absolute Gasteiger partial charge is 0.410 e. The van der Waals surface area contributed by atoms with Gasteiger partial charge >= 0.3 is 0 Å². The second-order valence-electron chi connectivity index (χ2n) is 12.5. The van der Waals surface area contributed by atoms with E-state index in [-0.39, 0.29) is 47.8 Å². The van der Waals surface area contributed by atoms with Crippen molar-refractivity contribution in [3.8, 4) is 0 Å². The molecular weight excluding hydrogens is 527 g/mol. The van der Waals surface area contributed by atoms with E-state index in [0.717, 1.165) is 42.7 Å². The molecule has 40 heavy (non-hydrogen) atoms. The van der Waals surface area contributed by atoms with Gasteiger partial charge in [0, 0.05) is 17.9 Å². The summed E-state index contributed by atoms with van der Waals surface area (Å²) in [6.45, 7) is 20.5. The number of rotatable bonds is 10. The quantitative estimate of drug-likeness (QED) is 0.207. The molecule has 0 aromatic rings. The van der Waals surface area contributed by atoms with Gasteiger partial charge in [-0.2, -0.15) is 0 Å². The summed E-state index contributed by atoms with van der Waals surface area (Å²) in [7, 11) is -3.77. The van der Waals surface area contributed by atoms with Crippen LogP contribution in [-0.4, -0.2) is 40.8 Å². The Morgan fingerprint density at radius 1 is 0.850 bits per heavy atom. The van der Waals surface area contributed by atoms with Crippen LogP contribution in [0.1, 0.15) is 68.7 Å². The highest BCUT2D eigenvalue weighted by atomic mass is 28.4. The fourth-order valence-electron chi connectivity index (χ4n) is 7.08. The summed E-state index contributed by atoms with van der Waals surface area (Å²) in [5, 5.41) is 3.16. The molecule has 1 heterocycles. The molecule has 224 valence electrons. The van der Waals surface area contributed by atoms with Crippen molar-refractivity contribution >= 4 is 22.5 Å². The van der Waals surface area contributed by atoms with Crippen LogP contribution in [0.5, 0.6) is 0 Å². The van der Waals surface area contributed by atoms with Crippen molar-refractivity contribution in [3.05, 3.63) is 59.8 Å². The molecule has 0 aromatic carbocycles. The van der Waals surface area contributed by atoms with Crippen LogP contribution < -0.4 is 5.32 Å². The number of carbonyl (C=O) groups excluding carboxylic acids is 1. The number of hydrogen-bond donors (Lipinski definition) is 1. The molecule has 0 saturated carbocycles. The van der Waals surface area contributed by atoms with Gasteiger partial charge in [0.25, 0.3) is 0 Å². The van der Waals surface area contributed by atoms with Crippen LogP contribution in [0.4, 0.5) is 0 Å². The van der Waals surface area contributed by atoms with Gasteiger partial charge in [0.05, 0.1) is 18.1 Å². The lowest BCUT2D eigenvalue weighted by Crippen LogP contribution is -2.54. The zero-order valence-electron chi connectivity index (χ0n) is 26.8. The number of piperidine rings is 1. The zero-order chi connectivity index (χ0) is 29.5.